The lowest BCUT2D eigenvalue weighted by Gasteiger charge is -2.41. The lowest BCUT2D eigenvalue weighted by Crippen LogP contribution is -2.54. The molecule has 4 unspecified atom stereocenters. The summed E-state index contributed by atoms with van der Waals surface area (Å²) in [7, 11) is -4.66. The Bertz CT molecular complexity index is 1590. The van der Waals surface area contributed by atoms with Gasteiger partial charge in [0.2, 0.25) is 11.5 Å². The number of hydrogen-bond acceptors (Lipinski definition) is 8. The number of nitrogens with zero attached hydrogens (tertiary/aromatic N) is 4. The fourth-order valence-corrected chi connectivity index (χ4v) is 6.50. The van der Waals surface area contributed by atoms with E-state index in [1.165, 1.54) is 26.0 Å². The van der Waals surface area contributed by atoms with E-state index in [2.05, 4.69) is 20.5 Å². The summed E-state index contributed by atoms with van der Waals surface area (Å²) >= 11 is 0. The van der Waals surface area contributed by atoms with Crippen molar-refractivity contribution in [2.75, 3.05) is 16.2 Å². The molecule has 4 atom stereocenters. The van der Waals surface area contributed by atoms with Crippen molar-refractivity contribution >= 4 is 33.4 Å². The quantitative estimate of drug-likeness (QED) is 0.377. The minimum absolute atomic E-state index is 0.0480. The number of aryl methyl sites for hydroxylation is 1. The van der Waals surface area contributed by atoms with Gasteiger partial charge in [-0.2, -0.15) is 32.3 Å². The predicted molar refractivity (Wildman–Crippen MR) is 143 cm³/mol. The largest absolute Gasteiger partial charge is 0.484 e. The molecule has 1 aliphatic carbocycles. The van der Waals surface area contributed by atoms with E-state index in [1.54, 1.807) is 0 Å². The molecule has 240 valence electrons. The maximum atomic E-state index is 14.0. The first-order valence-corrected chi connectivity index (χ1v) is 14.7. The van der Waals surface area contributed by atoms with Crippen LogP contribution in [0.15, 0.2) is 29.3 Å². The zero-order valence-electron chi connectivity index (χ0n) is 23.9. The zero-order chi connectivity index (χ0) is 32.8. The molecule has 2 heterocycles. The van der Waals surface area contributed by atoms with Gasteiger partial charge in [0, 0.05) is 18.0 Å². The number of sulfonamides is 1. The second kappa shape index (κ2) is 11.7. The van der Waals surface area contributed by atoms with Crippen LogP contribution in [0.5, 0.6) is 5.75 Å². The molecule has 4 rings (SSSR count). The molecule has 1 aromatic carbocycles. The molecule has 1 saturated carbocycles. The Morgan fingerprint density at radius 2 is 1.95 bits per heavy atom. The van der Waals surface area contributed by atoms with Gasteiger partial charge >= 0.3 is 18.8 Å². The summed E-state index contributed by atoms with van der Waals surface area (Å²) < 4.78 is 106. The molecule has 0 saturated heterocycles. The van der Waals surface area contributed by atoms with Gasteiger partial charge in [0.05, 0.1) is 36.2 Å². The monoisotopic (exact) mass is 648 g/mol. The minimum Gasteiger partial charge on any atom is -0.484 e. The van der Waals surface area contributed by atoms with Crippen LogP contribution in [0.25, 0.3) is 0 Å². The highest BCUT2D eigenvalue weighted by molar-refractivity contribution is 7.93. The van der Waals surface area contributed by atoms with Crippen LogP contribution in [0.1, 0.15) is 45.9 Å². The van der Waals surface area contributed by atoms with Crippen molar-refractivity contribution in [1.82, 2.24) is 15.1 Å². The minimum atomic E-state index is -4.88. The molecule has 2 aromatic rings. The number of hydrogen-bond donors (Lipinski definition) is 2. The van der Waals surface area contributed by atoms with Crippen LogP contribution in [0.4, 0.5) is 38.1 Å². The number of halogens is 5. The third-order valence-corrected chi connectivity index (χ3v) is 9.36. The molecule has 0 bridgehead atoms. The zero-order valence-corrected chi connectivity index (χ0v) is 24.7. The number of nitriles is 1. The van der Waals surface area contributed by atoms with Gasteiger partial charge in [0.1, 0.15) is 16.7 Å². The van der Waals surface area contributed by atoms with Crippen molar-refractivity contribution in [2.24, 2.45) is 11.8 Å². The van der Waals surface area contributed by atoms with Crippen LogP contribution in [-0.2, 0) is 19.6 Å². The molecule has 2 aliphatic rings. The lowest BCUT2D eigenvalue weighted by atomic mass is 10.1. The number of fused-ring (bicyclic) bond motifs is 1. The number of alkyl halides is 5. The summed E-state index contributed by atoms with van der Waals surface area (Å²) in [6.07, 6.45) is -5.93. The van der Waals surface area contributed by atoms with Crippen LogP contribution in [0, 0.1) is 30.1 Å². The summed E-state index contributed by atoms with van der Waals surface area (Å²) in [5, 5.41) is 17.3. The summed E-state index contributed by atoms with van der Waals surface area (Å²) in [6, 6.07) is 4.52. The Balaban J connectivity index is 1.66. The fourth-order valence-electron chi connectivity index (χ4n) is 4.66. The second-order valence-electron chi connectivity index (χ2n) is 10.9. The maximum absolute atomic E-state index is 14.0. The summed E-state index contributed by atoms with van der Waals surface area (Å²) in [4.78, 5) is 24.3. The number of ether oxygens (including phenoxy) is 2. The lowest BCUT2D eigenvalue weighted by molar-refractivity contribution is -0.242. The molecule has 1 aliphatic heterocycles. The number of benzene rings is 1. The van der Waals surface area contributed by atoms with E-state index in [9.17, 15) is 40.0 Å². The van der Waals surface area contributed by atoms with Crippen molar-refractivity contribution in [3.05, 3.63) is 30.1 Å². The van der Waals surface area contributed by atoms with E-state index in [1.807, 2.05) is 6.07 Å². The number of aromatic nitrogens is 2. The predicted octanol–water partition coefficient (Wildman–Crippen LogP) is 4.49. The molecular formula is C26H29F5N6O6S. The Hall–Kier alpha value is -4.14. The van der Waals surface area contributed by atoms with Crippen molar-refractivity contribution in [3.8, 4) is 11.8 Å². The van der Waals surface area contributed by atoms with Crippen LogP contribution >= 0.6 is 0 Å². The molecule has 12 nitrogen and oxygen atoms in total. The smallest absolute Gasteiger partial charge is 0.427 e. The summed E-state index contributed by atoms with van der Waals surface area (Å²) in [5.41, 5.74) is -3.41. The van der Waals surface area contributed by atoms with Crippen LogP contribution in [0.2, 0.25) is 0 Å². The van der Waals surface area contributed by atoms with Gasteiger partial charge in [-0.3, -0.25) is 14.4 Å². The number of rotatable bonds is 9. The van der Waals surface area contributed by atoms with Gasteiger partial charge in [-0.1, -0.05) is 0 Å². The SMILES string of the molecule is Cc1nn(C(F)F)cc1S(=O)(=O)N1c2cc(NC(=O)OC(C)(C)C(F)(F)F)ccc2OC(CNC(=O)C2CC2CC#N)C1C. The van der Waals surface area contributed by atoms with E-state index in [4.69, 9.17) is 10.00 Å². The number of nitrogens with one attached hydrogen (secondary N) is 2. The average Bonchev–Trinajstić information content (AvgIpc) is 3.55. The van der Waals surface area contributed by atoms with Crippen molar-refractivity contribution < 1.29 is 49.4 Å². The van der Waals surface area contributed by atoms with Crippen LogP contribution in [0.3, 0.4) is 0 Å². The molecule has 2 amide bonds. The average molecular weight is 649 g/mol. The normalized spacial score (nSPS) is 21.6. The van der Waals surface area contributed by atoms with Gasteiger partial charge in [-0.15, -0.1) is 0 Å². The van der Waals surface area contributed by atoms with Crippen molar-refractivity contribution in [2.45, 2.75) is 75.9 Å². The van der Waals surface area contributed by atoms with E-state index < -0.39 is 51.5 Å². The Morgan fingerprint density at radius 3 is 2.55 bits per heavy atom. The van der Waals surface area contributed by atoms with Crippen molar-refractivity contribution in [1.29, 1.82) is 5.26 Å². The highest BCUT2D eigenvalue weighted by atomic mass is 32.2. The number of carbonyl (C=O) groups excluding carboxylic acids is 2. The number of anilines is 2. The molecule has 2 N–H and O–H groups in total. The summed E-state index contributed by atoms with van der Waals surface area (Å²) in [5.74, 6) is -0.821. The maximum Gasteiger partial charge on any atom is 0.427 e. The third-order valence-electron chi connectivity index (χ3n) is 7.36. The van der Waals surface area contributed by atoms with Gasteiger partial charge in [0.25, 0.3) is 10.0 Å². The topological polar surface area (TPSA) is 156 Å². The van der Waals surface area contributed by atoms with Crippen LogP contribution < -0.4 is 19.7 Å². The molecule has 1 aromatic heterocycles. The van der Waals surface area contributed by atoms with E-state index in [0.29, 0.717) is 26.5 Å². The molecule has 44 heavy (non-hydrogen) atoms. The highest BCUT2D eigenvalue weighted by Crippen LogP contribution is 2.43. The first-order chi connectivity index (χ1) is 20.4. The molecule has 18 heteroatoms. The highest BCUT2D eigenvalue weighted by Gasteiger charge is 2.51. The van der Waals surface area contributed by atoms with Gasteiger partial charge in [-0.25, -0.2) is 17.9 Å². The number of carbonyl (C=O) groups is 2. The first-order valence-electron chi connectivity index (χ1n) is 13.3. The van der Waals surface area contributed by atoms with E-state index in [-0.39, 0.29) is 58.2 Å². The number of amides is 2. The van der Waals surface area contributed by atoms with E-state index >= 15 is 0 Å². The fraction of sp³-hybridized carbons (Fsp3) is 0.538. The Kier molecular flexibility index (Phi) is 8.75. The Morgan fingerprint density at radius 1 is 1.27 bits per heavy atom. The molecule has 1 fully saturated rings. The molecular weight excluding hydrogens is 619 g/mol. The summed E-state index contributed by atoms with van der Waals surface area (Å²) in [6.45, 7) is 0.674. The van der Waals surface area contributed by atoms with Gasteiger partial charge < -0.3 is 14.8 Å². The standard InChI is InChI=1S/C26H29F5N6O6S/c1-13-21(12-36(35-13)23(27)28)44(40,41)37-14(2)20(11-33-22(38)17-9-15(17)7-8-32)42-19-6-5-16(10-18(19)37)34-24(39)43-25(3,4)26(29,30)31/h5-6,10,12,14-15,17,20,23H,7,9,11H2,1-4H3,(H,33,38)(H,34,39). The van der Waals surface area contributed by atoms with Gasteiger partial charge in [-0.05, 0) is 58.2 Å². The molecule has 0 spiro atoms. The van der Waals surface area contributed by atoms with E-state index in [0.717, 1.165) is 10.4 Å². The molecule has 0 radical (unpaired) electrons. The third kappa shape index (κ3) is 6.51. The second-order valence-corrected chi connectivity index (χ2v) is 12.7. The Labute approximate surface area is 249 Å². The van der Waals surface area contributed by atoms with Crippen molar-refractivity contribution in [3.63, 3.8) is 0 Å². The first kappa shape index (κ1) is 32.8. The van der Waals surface area contributed by atoms with Gasteiger partial charge in [0.15, 0.2) is 0 Å². The van der Waals surface area contributed by atoms with Crippen LogP contribution in [-0.4, -0.2) is 60.7 Å².